The Kier molecular flexibility index (Phi) is 6.13. The summed E-state index contributed by atoms with van der Waals surface area (Å²) in [4.78, 5) is 12.8. The molecule has 0 aliphatic rings. The van der Waals surface area contributed by atoms with E-state index < -0.39 is 16.0 Å². The third-order valence-electron chi connectivity index (χ3n) is 3.03. The van der Waals surface area contributed by atoms with Crippen molar-refractivity contribution in [2.24, 2.45) is 0 Å². The standard InChI is InChI=1S/C13H20N2O5S/c1-4-15(2)8-7-14-21(18,19)12-6-5-10(13(16)17)9-11(12)20-3/h5-6,9,14H,4,7-8H2,1-3H3,(H,16,17). The van der Waals surface area contributed by atoms with Gasteiger partial charge < -0.3 is 14.7 Å². The maximum absolute atomic E-state index is 12.2. The van der Waals surface area contributed by atoms with Gasteiger partial charge in [-0.15, -0.1) is 0 Å². The second-order valence-electron chi connectivity index (χ2n) is 4.46. The maximum atomic E-state index is 12.2. The average Bonchev–Trinajstić information content (AvgIpc) is 2.45. The molecule has 0 spiro atoms. The van der Waals surface area contributed by atoms with Gasteiger partial charge in [0, 0.05) is 13.1 Å². The molecule has 0 fully saturated rings. The third-order valence-corrected chi connectivity index (χ3v) is 4.53. The van der Waals surface area contributed by atoms with E-state index in [0.29, 0.717) is 6.54 Å². The third kappa shape index (κ3) is 4.69. The summed E-state index contributed by atoms with van der Waals surface area (Å²) in [5, 5.41) is 8.90. The average molecular weight is 316 g/mol. The lowest BCUT2D eigenvalue weighted by Crippen LogP contribution is -2.33. The van der Waals surface area contributed by atoms with Crippen molar-refractivity contribution < 1.29 is 23.1 Å². The Bertz CT molecular complexity index is 601. The summed E-state index contributed by atoms with van der Waals surface area (Å²) in [6.45, 7) is 3.63. The van der Waals surface area contributed by atoms with Crippen LogP contribution in [-0.4, -0.2) is 58.2 Å². The lowest BCUT2D eigenvalue weighted by molar-refractivity contribution is 0.0696. The van der Waals surface area contributed by atoms with Crippen molar-refractivity contribution in [1.82, 2.24) is 9.62 Å². The molecule has 0 bridgehead atoms. The minimum Gasteiger partial charge on any atom is -0.495 e. The Hall–Kier alpha value is -1.64. The minimum atomic E-state index is -3.74. The maximum Gasteiger partial charge on any atom is 0.335 e. The van der Waals surface area contributed by atoms with Crippen molar-refractivity contribution in [2.75, 3.05) is 33.8 Å². The van der Waals surface area contributed by atoms with Crippen LogP contribution in [0.15, 0.2) is 23.1 Å². The van der Waals surface area contributed by atoms with E-state index in [1.165, 1.54) is 25.3 Å². The zero-order valence-electron chi connectivity index (χ0n) is 12.3. The van der Waals surface area contributed by atoms with E-state index in [9.17, 15) is 13.2 Å². The van der Waals surface area contributed by atoms with Gasteiger partial charge in [-0.1, -0.05) is 6.92 Å². The van der Waals surface area contributed by atoms with Gasteiger partial charge in [0.15, 0.2) is 0 Å². The van der Waals surface area contributed by atoms with Crippen molar-refractivity contribution >= 4 is 16.0 Å². The van der Waals surface area contributed by atoms with Crippen LogP contribution in [0.5, 0.6) is 5.75 Å². The van der Waals surface area contributed by atoms with Crippen LogP contribution in [0.2, 0.25) is 0 Å². The molecule has 2 N–H and O–H groups in total. The predicted octanol–water partition coefficient (Wildman–Crippen LogP) is 0.623. The number of ether oxygens (including phenoxy) is 1. The van der Waals surface area contributed by atoms with Crippen molar-refractivity contribution in [2.45, 2.75) is 11.8 Å². The number of hydrogen-bond acceptors (Lipinski definition) is 5. The topological polar surface area (TPSA) is 95.9 Å². The minimum absolute atomic E-state index is 0.00578. The van der Waals surface area contributed by atoms with Crippen LogP contribution in [0.4, 0.5) is 0 Å². The van der Waals surface area contributed by atoms with Crippen LogP contribution in [0.1, 0.15) is 17.3 Å². The Morgan fingerprint density at radius 2 is 2.10 bits per heavy atom. The van der Waals surface area contributed by atoms with Gasteiger partial charge in [-0.3, -0.25) is 0 Å². The zero-order chi connectivity index (χ0) is 16.0. The molecule has 1 aromatic rings. The molecule has 0 aliphatic heterocycles. The number of likely N-dealkylation sites (N-methyl/N-ethyl adjacent to an activating group) is 1. The van der Waals surface area contributed by atoms with E-state index in [-0.39, 0.29) is 22.8 Å². The molecule has 0 amide bonds. The molecular weight excluding hydrogens is 296 g/mol. The number of nitrogens with zero attached hydrogens (tertiary/aromatic N) is 1. The van der Waals surface area contributed by atoms with Crippen LogP contribution in [-0.2, 0) is 10.0 Å². The fraction of sp³-hybridized carbons (Fsp3) is 0.462. The van der Waals surface area contributed by atoms with Crippen LogP contribution in [0.3, 0.4) is 0 Å². The summed E-state index contributed by atoms with van der Waals surface area (Å²) >= 11 is 0. The monoisotopic (exact) mass is 316 g/mol. The number of sulfonamides is 1. The molecule has 0 unspecified atom stereocenters. The van der Waals surface area contributed by atoms with E-state index in [0.717, 1.165) is 6.54 Å². The highest BCUT2D eigenvalue weighted by atomic mass is 32.2. The Morgan fingerprint density at radius 1 is 1.43 bits per heavy atom. The summed E-state index contributed by atoms with van der Waals surface area (Å²) in [6, 6.07) is 3.65. The van der Waals surface area contributed by atoms with Crippen LogP contribution < -0.4 is 9.46 Å². The van der Waals surface area contributed by atoms with Gasteiger partial charge >= 0.3 is 5.97 Å². The largest absolute Gasteiger partial charge is 0.495 e. The number of carbonyl (C=O) groups is 1. The molecule has 0 aromatic heterocycles. The number of hydrogen-bond donors (Lipinski definition) is 2. The van der Waals surface area contributed by atoms with E-state index in [1.54, 1.807) is 0 Å². The smallest absolute Gasteiger partial charge is 0.335 e. The van der Waals surface area contributed by atoms with Crippen molar-refractivity contribution in [1.29, 1.82) is 0 Å². The summed E-state index contributed by atoms with van der Waals surface area (Å²) < 4.78 is 31.9. The SMILES string of the molecule is CCN(C)CCNS(=O)(=O)c1ccc(C(=O)O)cc1OC. The van der Waals surface area contributed by atoms with Crippen LogP contribution in [0.25, 0.3) is 0 Å². The van der Waals surface area contributed by atoms with Crippen molar-refractivity contribution in [3.05, 3.63) is 23.8 Å². The van der Waals surface area contributed by atoms with E-state index in [2.05, 4.69) is 4.72 Å². The van der Waals surface area contributed by atoms with Crippen LogP contribution in [0, 0.1) is 0 Å². The lowest BCUT2D eigenvalue weighted by atomic mass is 10.2. The van der Waals surface area contributed by atoms with Crippen molar-refractivity contribution in [3.8, 4) is 5.75 Å². The molecule has 118 valence electrons. The second kappa shape index (κ2) is 7.39. The summed E-state index contributed by atoms with van der Waals surface area (Å²) in [6.07, 6.45) is 0. The summed E-state index contributed by atoms with van der Waals surface area (Å²) in [5.74, 6) is -1.14. The van der Waals surface area contributed by atoms with E-state index >= 15 is 0 Å². The first-order valence-corrected chi connectivity index (χ1v) is 7.89. The highest BCUT2D eigenvalue weighted by Crippen LogP contribution is 2.24. The van der Waals surface area contributed by atoms with E-state index in [4.69, 9.17) is 9.84 Å². The molecule has 1 rings (SSSR count). The molecule has 0 heterocycles. The highest BCUT2D eigenvalue weighted by Gasteiger charge is 2.20. The van der Waals surface area contributed by atoms with Gasteiger partial charge in [0.1, 0.15) is 10.6 Å². The Balaban J connectivity index is 2.95. The molecule has 21 heavy (non-hydrogen) atoms. The normalized spacial score (nSPS) is 11.6. The second-order valence-corrected chi connectivity index (χ2v) is 6.20. The molecule has 1 aromatic carbocycles. The quantitative estimate of drug-likeness (QED) is 0.730. The molecule has 0 aliphatic carbocycles. The van der Waals surface area contributed by atoms with E-state index in [1.807, 2.05) is 18.9 Å². The number of methoxy groups -OCH3 is 1. The van der Waals surface area contributed by atoms with Gasteiger partial charge in [-0.2, -0.15) is 0 Å². The fourth-order valence-electron chi connectivity index (χ4n) is 1.63. The van der Waals surface area contributed by atoms with Gasteiger partial charge in [0.05, 0.1) is 12.7 Å². The van der Waals surface area contributed by atoms with Crippen LogP contribution >= 0.6 is 0 Å². The number of aromatic carboxylic acids is 1. The first kappa shape index (κ1) is 17.4. The predicted molar refractivity (Wildman–Crippen MR) is 78.3 cm³/mol. The number of benzene rings is 1. The van der Waals surface area contributed by atoms with Gasteiger partial charge in [0.25, 0.3) is 0 Å². The van der Waals surface area contributed by atoms with Gasteiger partial charge in [-0.05, 0) is 31.8 Å². The molecular formula is C13H20N2O5S. The molecule has 7 nitrogen and oxygen atoms in total. The lowest BCUT2D eigenvalue weighted by Gasteiger charge is -2.15. The van der Waals surface area contributed by atoms with Crippen molar-refractivity contribution in [3.63, 3.8) is 0 Å². The number of carboxylic acid groups (broad SMARTS) is 1. The first-order valence-electron chi connectivity index (χ1n) is 6.41. The zero-order valence-corrected chi connectivity index (χ0v) is 13.1. The van der Waals surface area contributed by atoms with Gasteiger partial charge in [0.2, 0.25) is 10.0 Å². The Morgan fingerprint density at radius 3 is 2.62 bits per heavy atom. The molecule has 0 atom stereocenters. The molecule has 0 radical (unpaired) electrons. The first-order chi connectivity index (χ1) is 9.81. The number of rotatable bonds is 8. The Labute approximate surface area is 124 Å². The molecule has 8 heteroatoms. The van der Waals surface area contributed by atoms with Gasteiger partial charge in [-0.25, -0.2) is 17.9 Å². The summed E-state index contributed by atoms with van der Waals surface area (Å²) in [7, 11) is -0.562. The molecule has 0 saturated heterocycles. The molecule has 0 saturated carbocycles. The fourth-order valence-corrected chi connectivity index (χ4v) is 2.80. The highest BCUT2D eigenvalue weighted by molar-refractivity contribution is 7.89. The number of nitrogens with one attached hydrogen (secondary N) is 1. The summed E-state index contributed by atoms with van der Waals surface area (Å²) in [5.41, 5.74) is -0.0310. The number of carboxylic acids is 1.